The minimum atomic E-state index is -0.500. The Morgan fingerprint density at radius 2 is 2.12 bits per heavy atom. The first-order valence-corrected chi connectivity index (χ1v) is 8.91. The van der Waals surface area contributed by atoms with E-state index >= 15 is 0 Å². The van der Waals surface area contributed by atoms with Crippen molar-refractivity contribution in [2.45, 2.75) is 25.3 Å². The van der Waals surface area contributed by atoms with Crippen LogP contribution in [0.25, 0.3) is 0 Å². The van der Waals surface area contributed by atoms with E-state index in [1.807, 2.05) is 0 Å². The second kappa shape index (κ2) is 7.95. The number of amides is 2. The van der Waals surface area contributed by atoms with Crippen molar-refractivity contribution in [2.75, 3.05) is 26.8 Å². The van der Waals surface area contributed by atoms with Gasteiger partial charge in [0.25, 0.3) is 5.91 Å². The molecule has 0 aromatic heterocycles. The quantitative estimate of drug-likeness (QED) is 0.749. The van der Waals surface area contributed by atoms with E-state index in [9.17, 15) is 14.4 Å². The van der Waals surface area contributed by atoms with Gasteiger partial charge in [0.05, 0.1) is 12.5 Å². The van der Waals surface area contributed by atoms with Crippen molar-refractivity contribution in [1.29, 1.82) is 0 Å². The summed E-state index contributed by atoms with van der Waals surface area (Å²) in [6.45, 7) is -0.252. The van der Waals surface area contributed by atoms with Crippen molar-refractivity contribution in [3.05, 3.63) is 28.8 Å². The third-order valence-corrected chi connectivity index (χ3v) is 4.58. The molecule has 1 aliphatic carbocycles. The maximum atomic E-state index is 12.2. The molecule has 1 N–H and O–H groups in total. The van der Waals surface area contributed by atoms with E-state index in [-0.39, 0.29) is 25.1 Å². The average molecular weight is 381 g/mol. The van der Waals surface area contributed by atoms with Crippen LogP contribution in [0, 0.1) is 5.92 Å². The number of nitrogens with one attached hydrogen (secondary N) is 1. The second-order valence-electron chi connectivity index (χ2n) is 6.66. The summed E-state index contributed by atoms with van der Waals surface area (Å²) < 4.78 is 10.7. The number of likely N-dealkylation sites (N-methyl/N-ethyl adjacent to an activating group) is 1. The zero-order valence-electron chi connectivity index (χ0n) is 14.5. The van der Waals surface area contributed by atoms with Crippen LogP contribution in [-0.4, -0.2) is 55.5 Å². The SMILES string of the molecule is CN(CC(=O)NC1CC1)C(=O)COC(=O)[C@H]1COc2ccc(Cl)cc2C1. The lowest BCUT2D eigenvalue weighted by atomic mass is 9.97. The van der Waals surface area contributed by atoms with Gasteiger partial charge in [-0.1, -0.05) is 11.6 Å². The number of fused-ring (bicyclic) bond motifs is 1. The molecule has 2 aliphatic rings. The predicted molar refractivity (Wildman–Crippen MR) is 93.9 cm³/mol. The number of hydrogen-bond acceptors (Lipinski definition) is 5. The highest BCUT2D eigenvalue weighted by Gasteiger charge is 2.29. The molecule has 1 aromatic carbocycles. The lowest BCUT2D eigenvalue weighted by molar-refractivity contribution is -0.156. The molecule has 26 heavy (non-hydrogen) atoms. The monoisotopic (exact) mass is 380 g/mol. The van der Waals surface area contributed by atoms with E-state index in [2.05, 4.69) is 5.32 Å². The number of esters is 1. The summed E-state index contributed by atoms with van der Waals surface area (Å²) in [4.78, 5) is 37.2. The van der Waals surface area contributed by atoms with Gasteiger partial charge in [-0.05, 0) is 43.0 Å². The van der Waals surface area contributed by atoms with E-state index in [4.69, 9.17) is 21.1 Å². The van der Waals surface area contributed by atoms with Gasteiger partial charge in [-0.2, -0.15) is 0 Å². The molecule has 3 rings (SSSR count). The Morgan fingerprint density at radius 3 is 2.85 bits per heavy atom. The first kappa shape index (κ1) is 18.5. The standard InChI is InChI=1S/C18H21ClN2O5/c1-21(8-16(22)20-14-3-4-14)17(23)10-26-18(24)12-6-11-7-13(19)2-5-15(11)25-9-12/h2,5,7,12,14H,3-4,6,8-10H2,1H3,(H,20,22)/t12-/m1/s1. The van der Waals surface area contributed by atoms with Crippen LogP contribution in [0.3, 0.4) is 0 Å². The normalized spacial score (nSPS) is 18.3. The van der Waals surface area contributed by atoms with Crippen LogP contribution in [0.1, 0.15) is 18.4 Å². The summed E-state index contributed by atoms with van der Waals surface area (Å²) in [5, 5.41) is 3.37. The van der Waals surface area contributed by atoms with Crippen molar-refractivity contribution in [2.24, 2.45) is 5.92 Å². The topological polar surface area (TPSA) is 84.9 Å². The smallest absolute Gasteiger partial charge is 0.313 e. The Hall–Kier alpha value is -2.28. The van der Waals surface area contributed by atoms with Crippen LogP contribution in [0.2, 0.25) is 5.02 Å². The zero-order chi connectivity index (χ0) is 18.7. The Kier molecular flexibility index (Phi) is 5.66. The number of ether oxygens (including phenoxy) is 2. The first-order chi connectivity index (χ1) is 12.4. The third-order valence-electron chi connectivity index (χ3n) is 4.35. The molecule has 1 aliphatic heterocycles. The summed E-state index contributed by atoms with van der Waals surface area (Å²) in [7, 11) is 1.50. The lowest BCUT2D eigenvalue weighted by Crippen LogP contribution is -2.41. The highest BCUT2D eigenvalue weighted by atomic mass is 35.5. The van der Waals surface area contributed by atoms with Gasteiger partial charge in [0.2, 0.25) is 5.91 Å². The van der Waals surface area contributed by atoms with E-state index < -0.39 is 24.4 Å². The fourth-order valence-corrected chi connectivity index (χ4v) is 2.87. The van der Waals surface area contributed by atoms with Gasteiger partial charge in [-0.15, -0.1) is 0 Å². The Balaban J connectivity index is 1.44. The highest BCUT2D eigenvalue weighted by molar-refractivity contribution is 6.30. The van der Waals surface area contributed by atoms with Gasteiger partial charge in [0.15, 0.2) is 6.61 Å². The molecule has 1 saturated carbocycles. The summed E-state index contributed by atoms with van der Waals surface area (Å²) in [5.41, 5.74) is 0.839. The average Bonchev–Trinajstić information content (AvgIpc) is 3.42. The van der Waals surface area contributed by atoms with Gasteiger partial charge in [-0.3, -0.25) is 14.4 Å². The maximum absolute atomic E-state index is 12.2. The molecule has 1 atom stereocenters. The van der Waals surface area contributed by atoms with Crippen LogP contribution in [0.5, 0.6) is 5.75 Å². The molecule has 140 valence electrons. The molecule has 2 amide bonds. The fourth-order valence-electron chi connectivity index (χ4n) is 2.68. The Morgan fingerprint density at radius 1 is 1.35 bits per heavy atom. The third kappa shape index (κ3) is 4.88. The van der Waals surface area contributed by atoms with Crippen molar-refractivity contribution in [1.82, 2.24) is 10.2 Å². The summed E-state index contributed by atoms with van der Waals surface area (Å²) in [5.74, 6) is -0.915. The van der Waals surface area contributed by atoms with Gasteiger partial charge in [0.1, 0.15) is 12.4 Å². The molecule has 0 saturated heterocycles. The summed E-state index contributed by atoms with van der Waals surface area (Å²) in [6, 6.07) is 5.50. The molecule has 1 heterocycles. The first-order valence-electron chi connectivity index (χ1n) is 8.53. The molecule has 0 bridgehead atoms. The van der Waals surface area contributed by atoms with Crippen LogP contribution in [0.4, 0.5) is 0 Å². The molecule has 0 unspecified atom stereocenters. The molecule has 1 aromatic rings. The van der Waals surface area contributed by atoms with E-state index in [0.717, 1.165) is 18.4 Å². The highest BCUT2D eigenvalue weighted by Crippen LogP contribution is 2.30. The number of hydrogen-bond donors (Lipinski definition) is 1. The van der Waals surface area contributed by atoms with Crippen LogP contribution in [0.15, 0.2) is 18.2 Å². The number of carbonyl (C=O) groups excluding carboxylic acids is 3. The van der Waals surface area contributed by atoms with E-state index in [0.29, 0.717) is 17.2 Å². The molecule has 7 nitrogen and oxygen atoms in total. The van der Waals surface area contributed by atoms with Crippen LogP contribution < -0.4 is 10.1 Å². The maximum Gasteiger partial charge on any atom is 0.313 e. The molecule has 1 fully saturated rings. The fraction of sp³-hybridized carbons (Fsp3) is 0.500. The number of halogens is 1. The minimum Gasteiger partial charge on any atom is -0.492 e. The molecule has 0 spiro atoms. The predicted octanol–water partition coefficient (Wildman–Crippen LogP) is 1.17. The summed E-state index contributed by atoms with van der Waals surface area (Å²) >= 11 is 5.96. The van der Waals surface area contributed by atoms with Gasteiger partial charge in [0, 0.05) is 18.1 Å². The van der Waals surface area contributed by atoms with Gasteiger partial charge >= 0.3 is 5.97 Å². The lowest BCUT2D eigenvalue weighted by Gasteiger charge is -2.24. The zero-order valence-corrected chi connectivity index (χ0v) is 15.3. The van der Waals surface area contributed by atoms with Gasteiger partial charge in [-0.25, -0.2) is 0 Å². The number of carbonyl (C=O) groups is 3. The van der Waals surface area contributed by atoms with Crippen LogP contribution >= 0.6 is 11.6 Å². The van der Waals surface area contributed by atoms with Crippen LogP contribution in [-0.2, 0) is 25.5 Å². The Labute approximate surface area is 156 Å². The van der Waals surface area contributed by atoms with Crippen molar-refractivity contribution >= 4 is 29.4 Å². The van der Waals surface area contributed by atoms with E-state index in [1.165, 1.54) is 11.9 Å². The van der Waals surface area contributed by atoms with Crippen molar-refractivity contribution < 1.29 is 23.9 Å². The molecular formula is C18H21ClN2O5. The Bertz CT molecular complexity index is 720. The number of nitrogens with zero attached hydrogens (tertiary/aromatic N) is 1. The van der Waals surface area contributed by atoms with Gasteiger partial charge < -0.3 is 19.7 Å². The number of rotatable bonds is 6. The summed E-state index contributed by atoms with van der Waals surface area (Å²) in [6.07, 6.45) is 2.42. The van der Waals surface area contributed by atoms with E-state index in [1.54, 1.807) is 18.2 Å². The molecule has 8 heteroatoms. The molecular weight excluding hydrogens is 360 g/mol. The largest absolute Gasteiger partial charge is 0.492 e. The minimum absolute atomic E-state index is 0.0503. The van der Waals surface area contributed by atoms with Crippen molar-refractivity contribution in [3.8, 4) is 5.75 Å². The molecule has 0 radical (unpaired) electrons. The van der Waals surface area contributed by atoms with Crippen molar-refractivity contribution in [3.63, 3.8) is 0 Å². The number of benzene rings is 1. The second-order valence-corrected chi connectivity index (χ2v) is 7.10.